The minimum atomic E-state index is -0.0942. The van der Waals surface area contributed by atoms with Crippen LogP contribution < -0.4 is 0 Å². The van der Waals surface area contributed by atoms with Crippen LogP contribution in [0.2, 0.25) is 0 Å². The molecule has 0 saturated heterocycles. The van der Waals surface area contributed by atoms with Gasteiger partial charge in [-0.1, -0.05) is 33.1 Å². The molecule has 0 aliphatic heterocycles. The molecule has 2 aliphatic carbocycles. The molecule has 0 aromatic rings. The summed E-state index contributed by atoms with van der Waals surface area (Å²) in [5, 5.41) is 0. The van der Waals surface area contributed by atoms with E-state index in [1.807, 2.05) is 0 Å². The first kappa shape index (κ1) is 13.1. The lowest BCUT2D eigenvalue weighted by atomic mass is 9.80. The van der Waals surface area contributed by atoms with Crippen molar-refractivity contribution in [2.45, 2.75) is 64.9 Å². The second-order valence-electron chi connectivity index (χ2n) is 6.36. The van der Waals surface area contributed by atoms with E-state index in [9.17, 15) is 4.79 Å². The summed E-state index contributed by atoms with van der Waals surface area (Å²) < 4.78 is 5.89. The molecule has 98 valence electrons. The van der Waals surface area contributed by atoms with Crippen LogP contribution in [0.1, 0.15) is 58.8 Å². The molecule has 2 heteroatoms. The third-order valence-corrected chi connectivity index (χ3v) is 3.97. The molecule has 1 unspecified atom stereocenters. The molecule has 2 aliphatic rings. The molecule has 2 saturated carbocycles. The minimum absolute atomic E-state index is 0.0942. The van der Waals surface area contributed by atoms with E-state index < -0.39 is 0 Å². The molecule has 0 N–H and O–H groups in total. The highest BCUT2D eigenvalue weighted by molar-refractivity contribution is 5.83. The van der Waals surface area contributed by atoms with Crippen LogP contribution in [-0.4, -0.2) is 18.5 Å². The van der Waals surface area contributed by atoms with E-state index in [4.69, 9.17) is 4.74 Å². The van der Waals surface area contributed by atoms with E-state index >= 15 is 0 Å². The Kier molecular flexibility index (Phi) is 4.61. The van der Waals surface area contributed by atoms with Crippen molar-refractivity contribution < 1.29 is 9.53 Å². The number of Topliss-reactive ketones (excluding diaryl/α,β-unsaturated/α-hetero) is 1. The zero-order valence-electron chi connectivity index (χ0n) is 11.3. The van der Waals surface area contributed by atoms with Gasteiger partial charge < -0.3 is 4.74 Å². The van der Waals surface area contributed by atoms with Gasteiger partial charge in [0.2, 0.25) is 0 Å². The lowest BCUT2D eigenvalue weighted by molar-refractivity contribution is -0.133. The Balaban J connectivity index is 1.77. The van der Waals surface area contributed by atoms with Gasteiger partial charge in [-0.05, 0) is 37.0 Å². The zero-order valence-corrected chi connectivity index (χ0v) is 11.3. The van der Waals surface area contributed by atoms with Crippen LogP contribution in [0.3, 0.4) is 0 Å². The first-order valence-corrected chi connectivity index (χ1v) is 7.29. The predicted molar refractivity (Wildman–Crippen MR) is 68.9 cm³/mol. The van der Waals surface area contributed by atoms with E-state index in [0.29, 0.717) is 18.1 Å². The first-order valence-electron chi connectivity index (χ1n) is 7.29. The third kappa shape index (κ3) is 4.42. The fourth-order valence-corrected chi connectivity index (χ4v) is 2.39. The monoisotopic (exact) mass is 238 g/mol. The van der Waals surface area contributed by atoms with Gasteiger partial charge in [0, 0.05) is 6.42 Å². The number of carbonyl (C=O) groups is 1. The van der Waals surface area contributed by atoms with E-state index in [1.54, 1.807) is 0 Å². The third-order valence-electron chi connectivity index (χ3n) is 3.97. The van der Waals surface area contributed by atoms with Crippen molar-refractivity contribution in [2.24, 2.45) is 17.8 Å². The molecule has 1 atom stereocenters. The Morgan fingerprint density at radius 3 is 2.35 bits per heavy atom. The quantitative estimate of drug-likeness (QED) is 0.646. The van der Waals surface area contributed by atoms with Crippen molar-refractivity contribution in [1.82, 2.24) is 0 Å². The predicted octanol–water partition coefficient (Wildman–Crippen LogP) is 3.59. The summed E-state index contributed by atoms with van der Waals surface area (Å²) in [6, 6.07) is 0. The van der Waals surface area contributed by atoms with Crippen molar-refractivity contribution in [3.05, 3.63) is 0 Å². The second-order valence-corrected chi connectivity index (χ2v) is 6.36. The summed E-state index contributed by atoms with van der Waals surface area (Å²) in [6.07, 6.45) is 8.13. The molecule has 2 rings (SSSR count). The van der Waals surface area contributed by atoms with Gasteiger partial charge in [0.15, 0.2) is 5.78 Å². The highest BCUT2D eigenvalue weighted by atomic mass is 16.5. The van der Waals surface area contributed by atoms with Crippen LogP contribution >= 0.6 is 0 Å². The highest BCUT2D eigenvalue weighted by Crippen LogP contribution is 2.33. The molecule has 2 fully saturated rings. The maximum atomic E-state index is 12.1. The van der Waals surface area contributed by atoms with Crippen LogP contribution in [0.5, 0.6) is 0 Å². The van der Waals surface area contributed by atoms with Crippen LogP contribution in [-0.2, 0) is 9.53 Å². The average molecular weight is 238 g/mol. The lowest BCUT2D eigenvalue weighted by Crippen LogP contribution is -2.30. The molecule has 0 bridgehead atoms. The van der Waals surface area contributed by atoms with Crippen molar-refractivity contribution in [1.29, 1.82) is 0 Å². The average Bonchev–Trinajstić information content (AvgIpc) is 2.97. The summed E-state index contributed by atoms with van der Waals surface area (Å²) in [7, 11) is 0. The van der Waals surface area contributed by atoms with Gasteiger partial charge in [0.1, 0.15) is 6.10 Å². The minimum Gasteiger partial charge on any atom is -0.370 e. The Morgan fingerprint density at radius 2 is 1.88 bits per heavy atom. The SMILES string of the molecule is CC(C)CC(=O)C(CC1CCC1)OCC1CC1. The van der Waals surface area contributed by atoms with E-state index in [0.717, 1.165) is 24.9 Å². The van der Waals surface area contributed by atoms with Crippen molar-refractivity contribution in [3.8, 4) is 0 Å². The van der Waals surface area contributed by atoms with Gasteiger partial charge in [-0.2, -0.15) is 0 Å². The highest BCUT2D eigenvalue weighted by Gasteiger charge is 2.29. The molecule has 17 heavy (non-hydrogen) atoms. The molecule has 0 aromatic heterocycles. The first-order chi connectivity index (χ1) is 8.15. The van der Waals surface area contributed by atoms with Gasteiger partial charge in [0.25, 0.3) is 0 Å². The van der Waals surface area contributed by atoms with E-state index in [2.05, 4.69) is 13.8 Å². The van der Waals surface area contributed by atoms with E-state index in [1.165, 1.54) is 32.1 Å². The Labute approximate surface area is 105 Å². The summed E-state index contributed by atoms with van der Waals surface area (Å²) in [6.45, 7) is 5.04. The molecular weight excluding hydrogens is 212 g/mol. The second kappa shape index (κ2) is 5.99. The summed E-state index contributed by atoms with van der Waals surface area (Å²) in [5.41, 5.74) is 0. The van der Waals surface area contributed by atoms with Crippen LogP contribution in [0, 0.1) is 17.8 Å². The van der Waals surface area contributed by atoms with Crippen LogP contribution in [0.15, 0.2) is 0 Å². The Bertz CT molecular complexity index is 252. The normalized spacial score (nSPS) is 22.5. The number of rotatable bonds is 8. The van der Waals surface area contributed by atoms with Crippen LogP contribution in [0.4, 0.5) is 0 Å². The van der Waals surface area contributed by atoms with Gasteiger partial charge in [0.05, 0.1) is 6.61 Å². The Morgan fingerprint density at radius 1 is 1.18 bits per heavy atom. The summed E-state index contributed by atoms with van der Waals surface area (Å²) in [4.78, 5) is 12.1. The Hall–Kier alpha value is -0.370. The smallest absolute Gasteiger partial charge is 0.161 e. The molecule has 0 heterocycles. The lowest BCUT2D eigenvalue weighted by Gasteiger charge is -2.29. The molecule has 0 spiro atoms. The number of hydrogen-bond donors (Lipinski definition) is 0. The molecular formula is C15H26O2. The number of carbonyl (C=O) groups excluding carboxylic acids is 1. The van der Waals surface area contributed by atoms with Gasteiger partial charge in [-0.15, -0.1) is 0 Å². The van der Waals surface area contributed by atoms with Gasteiger partial charge in [-0.25, -0.2) is 0 Å². The maximum Gasteiger partial charge on any atom is 0.161 e. The number of ether oxygens (including phenoxy) is 1. The van der Waals surface area contributed by atoms with Crippen LogP contribution in [0.25, 0.3) is 0 Å². The molecule has 0 amide bonds. The number of hydrogen-bond acceptors (Lipinski definition) is 2. The summed E-state index contributed by atoms with van der Waals surface area (Å²) >= 11 is 0. The number of ketones is 1. The van der Waals surface area contributed by atoms with E-state index in [-0.39, 0.29) is 6.10 Å². The standard InChI is InChI=1S/C15H26O2/c1-11(2)8-14(16)15(9-12-4-3-5-12)17-10-13-6-7-13/h11-13,15H,3-10H2,1-2H3. The molecule has 0 aromatic carbocycles. The van der Waals surface area contributed by atoms with Gasteiger partial charge in [-0.3, -0.25) is 4.79 Å². The fourth-order valence-electron chi connectivity index (χ4n) is 2.39. The molecule has 0 radical (unpaired) electrons. The largest absolute Gasteiger partial charge is 0.370 e. The summed E-state index contributed by atoms with van der Waals surface area (Å²) in [5.74, 6) is 2.31. The van der Waals surface area contributed by atoms with Gasteiger partial charge >= 0.3 is 0 Å². The fraction of sp³-hybridized carbons (Fsp3) is 0.933. The van der Waals surface area contributed by atoms with Crippen molar-refractivity contribution in [2.75, 3.05) is 6.61 Å². The topological polar surface area (TPSA) is 26.3 Å². The van der Waals surface area contributed by atoms with Crippen molar-refractivity contribution >= 4 is 5.78 Å². The molecule has 2 nitrogen and oxygen atoms in total. The van der Waals surface area contributed by atoms with Crippen molar-refractivity contribution in [3.63, 3.8) is 0 Å². The maximum absolute atomic E-state index is 12.1. The zero-order chi connectivity index (χ0) is 12.3.